The van der Waals surface area contributed by atoms with E-state index >= 15 is 0 Å². The largest absolute Gasteiger partial charge is 0.476 e. The number of pyridine rings is 1. The molecule has 6 aromatic rings. The molecule has 0 aliphatic carbocycles. The molecule has 1 saturated heterocycles. The van der Waals surface area contributed by atoms with Crippen molar-refractivity contribution in [2.45, 2.75) is 32.7 Å². The van der Waals surface area contributed by atoms with Crippen molar-refractivity contribution in [1.82, 2.24) is 24.4 Å². The Balaban J connectivity index is 1.29. The van der Waals surface area contributed by atoms with Crippen LogP contribution in [0.5, 0.6) is 5.88 Å². The number of H-pyrrole nitrogens is 1. The number of hydrogen-bond donors (Lipinski definition) is 2. The second-order valence-corrected chi connectivity index (χ2v) is 13.5. The molecule has 2 amide bonds. The van der Waals surface area contributed by atoms with Gasteiger partial charge in [0.2, 0.25) is 11.8 Å². The van der Waals surface area contributed by atoms with Crippen LogP contribution in [-0.4, -0.2) is 55.9 Å². The maximum Gasteiger partial charge on any atom is 0.272 e. The highest BCUT2D eigenvalue weighted by Gasteiger charge is 2.29. The topological polar surface area (TPSA) is 105 Å². The molecule has 3 aromatic carbocycles. The Morgan fingerprint density at radius 1 is 1.00 bits per heavy atom. The smallest absolute Gasteiger partial charge is 0.272 e. The average Bonchev–Trinajstić information content (AvgIpc) is 3.73. The Bertz CT molecular complexity index is 2160. The molecule has 50 heavy (non-hydrogen) atoms. The van der Waals surface area contributed by atoms with E-state index in [0.29, 0.717) is 51.5 Å². The van der Waals surface area contributed by atoms with E-state index in [1.165, 1.54) is 0 Å². The molecule has 0 saturated carbocycles. The number of carbonyl (C=O) groups excluding carboxylic acids is 2. The highest BCUT2D eigenvalue weighted by atomic mass is 35.5. The monoisotopic (exact) mass is 706 g/mol. The molecule has 4 heterocycles. The number of aromatic nitrogens is 4. The van der Waals surface area contributed by atoms with Crippen LogP contribution < -0.4 is 10.1 Å². The van der Waals surface area contributed by atoms with E-state index in [1.807, 2.05) is 84.0 Å². The molecule has 2 atom stereocenters. The SMILES string of the molecule is CC(=O)N1CCCC(COc2ncccc2NC(=O)c2[nH]c3cc(Cl)ccc3c2-c2c(-c3ccccc3)ncn2C(C)c2ccc(Cl)cc2)C1. The summed E-state index contributed by atoms with van der Waals surface area (Å²) in [4.78, 5) is 41.0. The minimum absolute atomic E-state index is 0.0650. The minimum Gasteiger partial charge on any atom is -0.476 e. The van der Waals surface area contributed by atoms with Gasteiger partial charge in [-0.05, 0) is 61.7 Å². The fraction of sp³-hybridized carbons (Fsp3) is 0.231. The van der Waals surface area contributed by atoms with Gasteiger partial charge in [-0.15, -0.1) is 0 Å². The zero-order chi connectivity index (χ0) is 34.8. The lowest BCUT2D eigenvalue weighted by Gasteiger charge is -2.31. The number of aromatic amines is 1. The fourth-order valence-electron chi connectivity index (χ4n) is 6.67. The van der Waals surface area contributed by atoms with Crippen LogP contribution in [0.25, 0.3) is 33.4 Å². The van der Waals surface area contributed by atoms with Crippen LogP contribution in [0.2, 0.25) is 10.0 Å². The number of benzene rings is 3. The van der Waals surface area contributed by atoms with Crippen LogP contribution in [0, 0.1) is 5.92 Å². The van der Waals surface area contributed by atoms with Crippen LogP contribution in [0.15, 0.2) is 97.5 Å². The van der Waals surface area contributed by atoms with Gasteiger partial charge in [0.05, 0.1) is 30.4 Å². The standard InChI is InChI=1S/C39H36Cl2N6O3/c1-24(27-12-14-29(40)15-13-27)47-23-43-35(28-9-4-3-5-10-28)37(47)34-31-17-16-30(41)20-33(31)44-36(34)38(49)45-32-11-6-18-42-39(32)50-22-26-8-7-19-46(21-26)25(2)48/h3-6,9-18,20,23-24,26,44H,7-8,19,21-22H2,1-2H3,(H,45,49). The van der Waals surface area contributed by atoms with Gasteiger partial charge in [-0.25, -0.2) is 9.97 Å². The highest BCUT2D eigenvalue weighted by Crippen LogP contribution is 2.41. The molecule has 254 valence electrons. The first kappa shape index (κ1) is 33.4. The number of piperidine rings is 1. The van der Waals surface area contributed by atoms with Crippen molar-refractivity contribution in [2.75, 3.05) is 25.0 Å². The summed E-state index contributed by atoms with van der Waals surface area (Å²) in [5, 5.41) is 5.07. The van der Waals surface area contributed by atoms with Gasteiger partial charge in [0, 0.05) is 64.2 Å². The molecule has 1 aliphatic heterocycles. The van der Waals surface area contributed by atoms with Crippen molar-refractivity contribution < 1.29 is 14.3 Å². The molecule has 0 radical (unpaired) electrons. The van der Waals surface area contributed by atoms with Gasteiger partial charge in [0.25, 0.3) is 5.91 Å². The Morgan fingerprint density at radius 3 is 2.56 bits per heavy atom. The number of carbonyl (C=O) groups is 2. The maximum absolute atomic E-state index is 14.5. The molecule has 7 rings (SSSR count). The van der Waals surface area contributed by atoms with Crippen molar-refractivity contribution in [1.29, 1.82) is 0 Å². The van der Waals surface area contributed by atoms with E-state index in [1.54, 1.807) is 25.3 Å². The summed E-state index contributed by atoms with van der Waals surface area (Å²) in [6.45, 7) is 5.46. The van der Waals surface area contributed by atoms with Gasteiger partial charge in [0.1, 0.15) is 11.4 Å². The quantitative estimate of drug-likeness (QED) is 0.156. The van der Waals surface area contributed by atoms with E-state index in [0.717, 1.165) is 47.3 Å². The third-order valence-electron chi connectivity index (χ3n) is 9.27. The van der Waals surface area contributed by atoms with Gasteiger partial charge in [-0.1, -0.05) is 71.7 Å². The van der Waals surface area contributed by atoms with Gasteiger partial charge >= 0.3 is 0 Å². The Morgan fingerprint density at radius 2 is 1.78 bits per heavy atom. The lowest BCUT2D eigenvalue weighted by molar-refractivity contribution is -0.130. The van der Waals surface area contributed by atoms with E-state index in [-0.39, 0.29) is 23.8 Å². The summed E-state index contributed by atoms with van der Waals surface area (Å²) in [5.74, 6) is 0.169. The molecule has 2 N–H and O–H groups in total. The Labute approximate surface area is 300 Å². The summed E-state index contributed by atoms with van der Waals surface area (Å²) < 4.78 is 8.28. The van der Waals surface area contributed by atoms with Crippen molar-refractivity contribution in [3.63, 3.8) is 0 Å². The first-order valence-electron chi connectivity index (χ1n) is 16.6. The van der Waals surface area contributed by atoms with Crippen molar-refractivity contribution in [3.8, 4) is 28.4 Å². The molecule has 0 spiro atoms. The minimum atomic E-state index is -0.378. The first-order chi connectivity index (χ1) is 24.3. The van der Waals surface area contributed by atoms with Crippen LogP contribution in [0.3, 0.4) is 0 Å². The number of ether oxygens (including phenoxy) is 1. The van der Waals surface area contributed by atoms with Gasteiger partial charge in [0.15, 0.2) is 0 Å². The lowest BCUT2D eigenvalue weighted by atomic mass is 9.99. The third kappa shape index (κ3) is 6.84. The van der Waals surface area contributed by atoms with Crippen LogP contribution in [-0.2, 0) is 4.79 Å². The summed E-state index contributed by atoms with van der Waals surface area (Å²) >= 11 is 12.7. The third-order valence-corrected chi connectivity index (χ3v) is 9.76. The molecule has 3 aromatic heterocycles. The number of imidazole rings is 1. The van der Waals surface area contributed by atoms with Crippen molar-refractivity contribution in [2.24, 2.45) is 5.92 Å². The lowest BCUT2D eigenvalue weighted by Crippen LogP contribution is -2.40. The summed E-state index contributed by atoms with van der Waals surface area (Å²) in [7, 11) is 0. The predicted molar refractivity (Wildman–Crippen MR) is 198 cm³/mol. The van der Waals surface area contributed by atoms with Crippen molar-refractivity contribution >= 4 is 51.6 Å². The van der Waals surface area contributed by atoms with Crippen molar-refractivity contribution in [3.05, 3.63) is 119 Å². The number of anilines is 1. The van der Waals surface area contributed by atoms with E-state index in [9.17, 15) is 9.59 Å². The van der Waals surface area contributed by atoms with Crippen LogP contribution >= 0.6 is 23.2 Å². The molecule has 11 heteroatoms. The van der Waals surface area contributed by atoms with E-state index in [4.69, 9.17) is 32.9 Å². The molecule has 0 bridgehead atoms. The Hall–Kier alpha value is -5.12. The zero-order valence-corrected chi connectivity index (χ0v) is 29.2. The molecule has 9 nitrogen and oxygen atoms in total. The normalized spacial score (nSPS) is 15.2. The number of likely N-dealkylation sites (tertiary alicyclic amines) is 1. The average molecular weight is 708 g/mol. The number of nitrogens with zero attached hydrogens (tertiary/aromatic N) is 4. The molecule has 2 unspecified atom stereocenters. The predicted octanol–water partition coefficient (Wildman–Crippen LogP) is 8.90. The number of hydrogen-bond acceptors (Lipinski definition) is 5. The van der Waals surface area contributed by atoms with Gasteiger partial charge in [-0.3, -0.25) is 9.59 Å². The van der Waals surface area contributed by atoms with Gasteiger partial charge < -0.3 is 24.5 Å². The molecular formula is C39H36Cl2N6O3. The number of rotatable bonds is 9. The van der Waals surface area contributed by atoms with E-state index in [2.05, 4.69) is 26.8 Å². The molecular weight excluding hydrogens is 671 g/mol. The fourth-order valence-corrected chi connectivity index (χ4v) is 6.97. The summed E-state index contributed by atoms with van der Waals surface area (Å²) in [6.07, 6.45) is 5.32. The van der Waals surface area contributed by atoms with E-state index < -0.39 is 0 Å². The zero-order valence-electron chi connectivity index (χ0n) is 27.7. The van der Waals surface area contributed by atoms with Gasteiger partial charge in [-0.2, -0.15) is 0 Å². The highest BCUT2D eigenvalue weighted by molar-refractivity contribution is 6.31. The van der Waals surface area contributed by atoms with Crippen LogP contribution in [0.1, 0.15) is 48.8 Å². The summed E-state index contributed by atoms with van der Waals surface area (Å²) in [6, 6.07) is 26.6. The Kier molecular flexibility index (Phi) is 9.61. The number of fused-ring (bicyclic) bond motifs is 1. The first-order valence-corrected chi connectivity index (χ1v) is 17.4. The number of halogens is 2. The molecule has 1 aliphatic rings. The second kappa shape index (κ2) is 14.4. The number of amides is 2. The number of nitrogens with one attached hydrogen (secondary N) is 2. The maximum atomic E-state index is 14.5. The molecule has 1 fully saturated rings. The second-order valence-electron chi connectivity index (χ2n) is 12.6. The summed E-state index contributed by atoms with van der Waals surface area (Å²) in [5.41, 5.74) is 5.61. The van der Waals surface area contributed by atoms with Crippen LogP contribution in [0.4, 0.5) is 5.69 Å².